The van der Waals surface area contributed by atoms with Crippen LogP contribution in [0.1, 0.15) is 0 Å². The Morgan fingerprint density at radius 1 is 0.833 bits per heavy atom. The Morgan fingerprint density at radius 2 is 1.44 bits per heavy atom. The van der Waals surface area contributed by atoms with Crippen LogP contribution >= 0.6 is 0 Å². The first-order valence-corrected chi connectivity index (χ1v) is 11.2. The Kier molecular flexibility index (Phi) is 7.54. The molecule has 0 aliphatic heterocycles. The van der Waals surface area contributed by atoms with E-state index in [1.165, 1.54) is 27.7 Å². The maximum atomic E-state index is 12.5. The first-order chi connectivity index (χ1) is 17.5. The van der Waals surface area contributed by atoms with Crippen LogP contribution < -0.4 is 25.9 Å². The molecule has 1 amide bonds. The second-order valence-electron chi connectivity index (χ2n) is 7.83. The Morgan fingerprint density at radius 3 is 2.03 bits per heavy atom. The smallest absolute Gasteiger partial charge is 0.266 e. The summed E-state index contributed by atoms with van der Waals surface area (Å²) >= 11 is 0. The standard InChI is InChI=1S/C26H25N5O5/c1-35-20-7-3-18(4-8-20)22-11-12-25(33)31(29-22)14-13-27-24(32)16-30-17-28-23(15-26(30)34)19-5-9-21(36-2)10-6-19/h3-12,15,17H,13-14,16H2,1-2H3,(H,27,32). The summed E-state index contributed by atoms with van der Waals surface area (Å²) in [5.41, 5.74) is 2.09. The molecule has 2 heterocycles. The van der Waals surface area contributed by atoms with Crippen LogP contribution in [0, 0.1) is 0 Å². The number of carbonyl (C=O) groups excluding carboxylic acids is 1. The fourth-order valence-corrected chi connectivity index (χ4v) is 3.50. The highest BCUT2D eigenvalue weighted by atomic mass is 16.5. The van der Waals surface area contributed by atoms with Crippen molar-refractivity contribution in [2.45, 2.75) is 13.1 Å². The topological polar surface area (TPSA) is 117 Å². The summed E-state index contributed by atoms with van der Waals surface area (Å²) in [5.74, 6) is 1.05. The first kappa shape index (κ1) is 24.4. The van der Waals surface area contributed by atoms with Gasteiger partial charge in [0.2, 0.25) is 5.91 Å². The molecule has 0 radical (unpaired) electrons. The molecule has 4 rings (SSSR count). The fourth-order valence-electron chi connectivity index (χ4n) is 3.50. The van der Waals surface area contributed by atoms with Crippen molar-refractivity contribution in [3.8, 4) is 34.0 Å². The minimum Gasteiger partial charge on any atom is -0.497 e. The summed E-state index contributed by atoms with van der Waals surface area (Å²) in [5, 5.41) is 7.09. The first-order valence-electron chi connectivity index (χ1n) is 11.2. The van der Waals surface area contributed by atoms with Gasteiger partial charge in [-0.2, -0.15) is 5.10 Å². The zero-order chi connectivity index (χ0) is 25.5. The molecule has 36 heavy (non-hydrogen) atoms. The number of aromatic nitrogens is 4. The van der Waals surface area contributed by atoms with Crippen LogP contribution in [0.2, 0.25) is 0 Å². The molecule has 10 nitrogen and oxygen atoms in total. The minimum atomic E-state index is -0.379. The molecule has 0 aliphatic carbocycles. The zero-order valence-electron chi connectivity index (χ0n) is 19.9. The van der Waals surface area contributed by atoms with E-state index in [0.29, 0.717) is 17.1 Å². The van der Waals surface area contributed by atoms with E-state index in [-0.39, 0.29) is 36.7 Å². The highest BCUT2D eigenvalue weighted by Gasteiger charge is 2.09. The van der Waals surface area contributed by atoms with E-state index < -0.39 is 0 Å². The van der Waals surface area contributed by atoms with Crippen LogP contribution in [0.4, 0.5) is 0 Å². The van der Waals surface area contributed by atoms with Crippen molar-refractivity contribution in [1.82, 2.24) is 24.6 Å². The Labute approximate surface area is 206 Å². The second kappa shape index (κ2) is 11.1. The highest BCUT2D eigenvalue weighted by molar-refractivity contribution is 5.75. The summed E-state index contributed by atoms with van der Waals surface area (Å²) in [4.78, 5) is 41.4. The molecule has 184 valence electrons. The number of methoxy groups -OCH3 is 2. The lowest BCUT2D eigenvalue weighted by Gasteiger charge is -2.10. The Hall–Kier alpha value is -4.73. The lowest BCUT2D eigenvalue weighted by Crippen LogP contribution is -2.35. The summed E-state index contributed by atoms with van der Waals surface area (Å²) < 4.78 is 12.8. The largest absolute Gasteiger partial charge is 0.497 e. The molecule has 0 atom stereocenters. The summed E-state index contributed by atoms with van der Waals surface area (Å²) in [7, 11) is 3.17. The average Bonchev–Trinajstić information content (AvgIpc) is 2.91. The number of nitrogens with one attached hydrogen (secondary N) is 1. The number of amides is 1. The molecule has 0 saturated heterocycles. The molecule has 0 bridgehead atoms. The van der Waals surface area contributed by atoms with Crippen LogP contribution in [0.3, 0.4) is 0 Å². The van der Waals surface area contributed by atoms with Crippen LogP contribution in [0.5, 0.6) is 11.5 Å². The lowest BCUT2D eigenvalue weighted by atomic mass is 10.1. The molecule has 4 aromatic rings. The van der Waals surface area contributed by atoms with Gasteiger partial charge in [-0.15, -0.1) is 0 Å². The van der Waals surface area contributed by atoms with Crippen molar-refractivity contribution >= 4 is 5.91 Å². The van der Waals surface area contributed by atoms with Crippen LogP contribution in [0.15, 0.2) is 82.6 Å². The van der Waals surface area contributed by atoms with Gasteiger partial charge in [0.25, 0.3) is 11.1 Å². The molecule has 10 heteroatoms. The van der Waals surface area contributed by atoms with Crippen LogP contribution in [0.25, 0.3) is 22.5 Å². The molecular formula is C26H25N5O5. The molecular weight excluding hydrogens is 462 g/mol. The Bertz CT molecular complexity index is 1460. The van der Waals surface area contributed by atoms with Gasteiger partial charge >= 0.3 is 0 Å². The minimum absolute atomic E-state index is 0.171. The van der Waals surface area contributed by atoms with Gasteiger partial charge in [-0.05, 0) is 54.6 Å². The third kappa shape index (κ3) is 5.84. The van der Waals surface area contributed by atoms with Crippen molar-refractivity contribution < 1.29 is 14.3 Å². The van der Waals surface area contributed by atoms with E-state index in [9.17, 15) is 14.4 Å². The van der Waals surface area contributed by atoms with Crippen molar-refractivity contribution in [1.29, 1.82) is 0 Å². The van der Waals surface area contributed by atoms with Crippen molar-refractivity contribution in [3.63, 3.8) is 0 Å². The number of hydrogen-bond acceptors (Lipinski definition) is 7. The lowest BCUT2D eigenvalue weighted by molar-refractivity contribution is -0.121. The predicted molar refractivity (Wildman–Crippen MR) is 134 cm³/mol. The van der Waals surface area contributed by atoms with Gasteiger partial charge in [0.05, 0.1) is 38.5 Å². The van der Waals surface area contributed by atoms with Gasteiger partial charge in [0.1, 0.15) is 18.0 Å². The van der Waals surface area contributed by atoms with E-state index >= 15 is 0 Å². The molecule has 2 aromatic heterocycles. The van der Waals surface area contributed by atoms with Gasteiger partial charge in [0, 0.05) is 29.8 Å². The maximum absolute atomic E-state index is 12.5. The fraction of sp³-hybridized carbons (Fsp3) is 0.192. The third-order valence-electron chi connectivity index (χ3n) is 5.48. The van der Waals surface area contributed by atoms with Gasteiger partial charge in [-0.3, -0.25) is 19.0 Å². The number of rotatable bonds is 9. The number of benzene rings is 2. The van der Waals surface area contributed by atoms with Crippen LogP contribution in [-0.4, -0.2) is 46.0 Å². The number of hydrogen-bond donors (Lipinski definition) is 1. The molecule has 2 aromatic carbocycles. The van der Waals surface area contributed by atoms with Gasteiger partial charge in [-0.1, -0.05) is 0 Å². The molecule has 0 aliphatic rings. The molecule has 0 unspecified atom stereocenters. The van der Waals surface area contributed by atoms with Gasteiger partial charge in [0.15, 0.2) is 0 Å². The quantitative estimate of drug-likeness (QED) is 0.384. The third-order valence-corrected chi connectivity index (χ3v) is 5.48. The highest BCUT2D eigenvalue weighted by Crippen LogP contribution is 2.20. The normalized spacial score (nSPS) is 10.6. The van der Waals surface area contributed by atoms with E-state index in [4.69, 9.17) is 9.47 Å². The van der Waals surface area contributed by atoms with Crippen LogP contribution in [-0.2, 0) is 17.9 Å². The van der Waals surface area contributed by atoms with Crippen molar-refractivity contribution in [2.24, 2.45) is 0 Å². The summed E-state index contributed by atoms with van der Waals surface area (Å²) in [6.45, 7) is 0.158. The van der Waals surface area contributed by atoms with Crippen molar-refractivity contribution in [3.05, 3.63) is 93.8 Å². The second-order valence-corrected chi connectivity index (χ2v) is 7.83. The zero-order valence-corrected chi connectivity index (χ0v) is 19.9. The Balaban J connectivity index is 1.35. The van der Waals surface area contributed by atoms with Gasteiger partial charge < -0.3 is 14.8 Å². The molecule has 1 N–H and O–H groups in total. The molecule has 0 fully saturated rings. The van der Waals surface area contributed by atoms with E-state index in [1.807, 2.05) is 24.3 Å². The predicted octanol–water partition coefficient (Wildman–Crippen LogP) is 1.97. The summed E-state index contributed by atoms with van der Waals surface area (Å²) in [6, 6.07) is 19.0. The number of ether oxygens (including phenoxy) is 2. The van der Waals surface area contributed by atoms with Gasteiger partial charge in [-0.25, -0.2) is 9.67 Å². The maximum Gasteiger partial charge on any atom is 0.266 e. The number of nitrogens with zero attached hydrogens (tertiary/aromatic N) is 4. The number of carbonyl (C=O) groups is 1. The van der Waals surface area contributed by atoms with E-state index in [1.54, 1.807) is 44.6 Å². The molecule has 0 spiro atoms. The van der Waals surface area contributed by atoms with E-state index in [0.717, 1.165) is 16.9 Å². The molecule has 0 saturated carbocycles. The SMILES string of the molecule is COc1ccc(-c2cc(=O)n(CC(=O)NCCn3nc(-c4ccc(OC)cc4)ccc3=O)cn2)cc1. The monoisotopic (exact) mass is 487 g/mol. The van der Waals surface area contributed by atoms with Crippen molar-refractivity contribution in [2.75, 3.05) is 20.8 Å². The van der Waals surface area contributed by atoms with E-state index in [2.05, 4.69) is 15.4 Å². The summed E-state index contributed by atoms with van der Waals surface area (Å²) in [6.07, 6.45) is 1.34. The average molecular weight is 488 g/mol.